The van der Waals surface area contributed by atoms with Crippen molar-refractivity contribution in [3.8, 4) is 0 Å². The standard InChI is InChI=1S/C13H16N2O3/c1-8(12(14)16)7-15-5-4-9-2-3-10(13(17)18)6-11(9)15/h2-3,6,8H,4-5,7H2,1H3,(H2,14,16)(H,17,18). The second-order valence-corrected chi connectivity index (χ2v) is 4.65. The van der Waals surface area contributed by atoms with Crippen LogP contribution in [0, 0.1) is 5.92 Å². The molecule has 0 radical (unpaired) electrons. The van der Waals surface area contributed by atoms with E-state index in [1.165, 1.54) is 0 Å². The van der Waals surface area contributed by atoms with Crippen molar-refractivity contribution in [3.63, 3.8) is 0 Å². The van der Waals surface area contributed by atoms with Gasteiger partial charge in [0, 0.05) is 18.8 Å². The molecule has 1 amide bonds. The predicted molar refractivity (Wildman–Crippen MR) is 67.7 cm³/mol. The summed E-state index contributed by atoms with van der Waals surface area (Å²) < 4.78 is 0. The fourth-order valence-corrected chi connectivity index (χ4v) is 2.19. The molecule has 0 saturated heterocycles. The summed E-state index contributed by atoms with van der Waals surface area (Å²) in [7, 11) is 0. The molecule has 3 N–H and O–H groups in total. The van der Waals surface area contributed by atoms with E-state index in [2.05, 4.69) is 0 Å². The average molecular weight is 248 g/mol. The molecule has 1 aromatic rings. The van der Waals surface area contributed by atoms with Crippen LogP contribution in [0.15, 0.2) is 18.2 Å². The van der Waals surface area contributed by atoms with Gasteiger partial charge in [0.25, 0.3) is 0 Å². The van der Waals surface area contributed by atoms with Crippen molar-refractivity contribution in [2.75, 3.05) is 18.0 Å². The number of benzene rings is 1. The molecule has 0 spiro atoms. The number of nitrogens with zero attached hydrogens (tertiary/aromatic N) is 1. The first kappa shape index (κ1) is 12.4. The minimum atomic E-state index is -0.937. The number of carbonyl (C=O) groups is 2. The monoisotopic (exact) mass is 248 g/mol. The molecule has 5 heteroatoms. The van der Waals surface area contributed by atoms with Crippen molar-refractivity contribution in [2.45, 2.75) is 13.3 Å². The minimum absolute atomic E-state index is 0.246. The molecule has 1 aromatic carbocycles. The molecule has 1 atom stereocenters. The number of rotatable bonds is 4. The normalized spacial score (nSPS) is 15.3. The quantitative estimate of drug-likeness (QED) is 0.828. The Morgan fingerprint density at radius 1 is 1.50 bits per heavy atom. The Bertz CT molecular complexity index is 499. The molecular formula is C13H16N2O3. The van der Waals surface area contributed by atoms with E-state index >= 15 is 0 Å². The third-order valence-corrected chi connectivity index (χ3v) is 3.30. The molecule has 1 heterocycles. The van der Waals surface area contributed by atoms with Gasteiger partial charge in [-0.1, -0.05) is 13.0 Å². The smallest absolute Gasteiger partial charge is 0.335 e. The molecule has 1 aliphatic rings. The van der Waals surface area contributed by atoms with Crippen LogP contribution in [-0.4, -0.2) is 30.1 Å². The Morgan fingerprint density at radius 3 is 2.83 bits per heavy atom. The summed E-state index contributed by atoms with van der Waals surface area (Å²) in [5.74, 6) is -1.52. The molecule has 5 nitrogen and oxygen atoms in total. The number of hydrogen-bond donors (Lipinski definition) is 2. The number of amides is 1. The van der Waals surface area contributed by atoms with E-state index in [9.17, 15) is 9.59 Å². The molecule has 0 bridgehead atoms. The van der Waals surface area contributed by atoms with Gasteiger partial charge in [0.1, 0.15) is 0 Å². The van der Waals surface area contributed by atoms with Crippen LogP contribution in [0.1, 0.15) is 22.8 Å². The van der Waals surface area contributed by atoms with E-state index in [4.69, 9.17) is 10.8 Å². The first-order valence-electron chi connectivity index (χ1n) is 5.89. The molecule has 0 saturated carbocycles. The third kappa shape index (κ3) is 2.30. The van der Waals surface area contributed by atoms with E-state index in [1.807, 2.05) is 11.0 Å². The van der Waals surface area contributed by atoms with Crippen molar-refractivity contribution in [1.29, 1.82) is 0 Å². The van der Waals surface area contributed by atoms with Crippen molar-refractivity contribution in [3.05, 3.63) is 29.3 Å². The summed E-state index contributed by atoms with van der Waals surface area (Å²) in [4.78, 5) is 24.0. The second-order valence-electron chi connectivity index (χ2n) is 4.65. The number of carbonyl (C=O) groups excluding carboxylic acids is 1. The minimum Gasteiger partial charge on any atom is -0.478 e. The fraction of sp³-hybridized carbons (Fsp3) is 0.385. The van der Waals surface area contributed by atoms with E-state index in [-0.39, 0.29) is 17.4 Å². The summed E-state index contributed by atoms with van der Waals surface area (Å²) in [6, 6.07) is 5.12. The lowest BCUT2D eigenvalue weighted by Crippen LogP contribution is -2.33. The number of aromatic carboxylic acids is 1. The molecule has 1 unspecified atom stereocenters. The molecule has 18 heavy (non-hydrogen) atoms. The van der Waals surface area contributed by atoms with E-state index in [0.717, 1.165) is 24.2 Å². The van der Waals surface area contributed by atoms with Crippen LogP contribution in [0.5, 0.6) is 0 Å². The van der Waals surface area contributed by atoms with Gasteiger partial charge in [0.2, 0.25) is 5.91 Å². The Balaban J connectivity index is 2.23. The molecule has 1 aliphatic heterocycles. The molecule has 0 fully saturated rings. The van der Waals surface area contributed by atoms with Crippen LogP contribution < -0.4 is 10.6 Å². The third-order valence-electron chi connectivity index (χ3n) is 3.30. The Kier molecular flexibility index (Phi) is 3.23. The number of hydrogen-bond acceptors (Lipinski definition) is 3. The maximum atomic E-state index is 11.1. The van der Waals surface area contributed by atoms with Gasteiger partial charge in [-0.25, -0.2) is 4.79 Å². The molecule has 2 rings (SSSR count). The summed E-state index contributed by atoms with van der Waals surface area (Å²) >= 11 is 0. The molecule has 96 valence electrons. The number of primary amides is 1. The SMILES string of the molecule is CC(CN1CCc2ccc(C(=O)O)cc21)C(N)=O. The van der Waals surface area contributed by atoms with Gasteiger partial charge < -0.3 is 15.7 Å². The van der Waals surface area contributed by atoms with Crippen LogP contribution in [0.25, 0.3) is 0 Å². The highest BCUT2D eigenvalue weighted by molar-refractivity contribution is 5.89. The van der Waals surface area contributed by atoms with Gasteiger partial charge in [-0.3, -0.25) is 4.79 Å². The topological polar surface area (TPSA) is 83.6 Å². The number of fused-ring (bicyclic) bond motifs is 1. The van der Waals surface area contributed by atoms with Crippen LogP contribution in [0.4, 0.5) is 5.69 Å². The first-order chi connectivity index (χ1) is 8.49. The second kappa shape index (κ2) is 4.68. The summed E-state index contributed by atoms with van der Waals surface area (Å²) in [6.45, 7) is 3.11. The van der Waals surface area contributed by atoms with Crippen LogP contribution in [0.3, 0.4) is 0 Å². The zero-order valence-corrected chi connectivity index (χ0v) is 10.2. The highest BCUT2D eigenvalue weighted by atomic mass is 16.4. The van der Waals surface area contributed by atoms with Gasteiger partial charge in [-0.05, 0) is 24.1 Å². The lowest BCUT2D eigenvalue weighted by atomic mass is 10.1. The molecule has 0 aromatic heterocycles. The largest absolute Gasteiger partial charge is 0.478 e. The Morgan fingerprint density at radius 2 is 2.22 bits per heavy atom. The van der Waals surface area contributed by atoms with Gasteiger partial charge >= 0.3 is 5.97 Å². The van der Waals surface area contributed by atoms with E-state index in [0.29, 0.717) is 6.54 Å². The number of anilines is 1. The van der Waals surface area contributed by atoms with E-state index in [1.54, 1.807) is 19.1 Å². The molecule has 0 aliphatic carbocycles. The summed E-state index contributed by atoms with van der Waals surface area (Å²) in [5.41, 5.74) is 7.55. The lowest BCUT2D eigenvalue weighted by Gasteiger charge is -2.22. The van der Waals surface area contributed by atoms with Crippen LogP contribution in [0.2, 0.25) is 0 Å². The van der Waals surface area contributed by atoms with Crippen LogP contribution in [-0.2, 0) is 11.2 Å². The Labute approximate surface area is 105 Å². The Hall–Kier alpha value is -2.04. The number of nitrogens with two attached hydrogens (primary N) is 1. The van der Waals surface area contributed by atoms with Crippen molar-refractivity contribution < 1.29 is 14.7 Å². The maximum Gasteiger partial charge on any atom is 0.335 e. The highest BCUT2D eigenvalue weighted by Gasteiger charge is 2.23. The van der Waals surface area contributed by atoms with Crippen molar-refractivity contribution >= 4 is 17.6 Å². The fourth-order valence-electron chi connectivity index (χ4n) is 2.19. The number of carboxylic acids is 1. The van der Waals surface area contributed by atoms with Crippen molar-refractivity contribution in [2.24, 2.45) is 11.7 Å². The van der Waals surface area contributed by atoms with Gasteiger partial charge in [-0.2, -0.15) is 0 Å². The first-order valence-corrected chi connectivity index (χ1v) is 5.89. The maximum absolute atomic E-state index is 11.1. The average Bonchev–Trinajstić information content (AvgIpc) is 2.71. The van der Waals surface area contributed by atoms with E-state index < -0.39 is 5.97 Å². The van der Waals surface area contributed by atoms with Gasteiger partial charge in [0.05, 0.1) is 11.5 Å². The zero-order chi connectivity index (χ0) is 13.3. The highest BCUT2D eigenvalue weighted by Crippen LogP contribution is 2.29. The number of carboxylic acid groups (broad SMARTS) is 1. The lowest BCUT2D eigenvalue weighted by molar-refractivity contribution is -0.121. The zero-order valence-electron chi connectivity index (χ0n) is 10.2. The van der Waals surface area contributed by atoms with Crippen LogP contribution >= 0.6 is 0 Å². The summed E-state index contributed by atoms with van der Waals surface area (Å²) in [5, 5.41) is 8.98. The predicted octanol–water partition coefficient (Wildman–Crippen LogP) is 0.869. The molecular weight excluding hydrogens is 232 g/mol. The van der Waals surface area contributed by atoms with Gasteiger partial charge in [-0.15, -0.1) is 0 Å². The van der Waals surface area contributed by atoms with Crippen molar-refractivity contribution in [1.82, 2.24) is 0 Å². The van der Waals surface area contributed by atoms with Gasteiger partial charge in [0.15, 0.2) is 0 Å². The summed E-state index contributed by atoms with van der Waals surface area (Å²) in [6.07, 6.45) is 0.876.